The van der Waals surface area contributed by atoms with Crippen LogP contribution in [0.15, 0.2) is 24.3 Å². The van der Waals surface area contributed by atoms with Gasteiger partial charge < -0.3 is 0 Å². The number of rotatable bonds is 4. The van der Waals surface area contributed by atoms with E-state index in [1.807, 2.05) is 24.3 Å². The quantitative estimate of drug-likeness (QED) is 0.902. The summed E-state index contributed by atoms with van der Waals surface area (Å²) in [5.74, 6) is 0.324. The molecule has 1 aliphatic carbocycles. The average Bonchev–Trinajstić information content (AvgIpc) is 2.88. The molecule has 3 rings (SSSR count). The highest BCUT2D eigenvalue weighted by atomic mass is 35.5. The van der Waals surface area contributed by atoms with Gasteiger partial charge in [-0.1, -0.05) is 55.3 Å². The average molecular weight is 336 g/mol. The predicted molar refractivity (Wildman–Crippen MR) is 89.6 cm³/mol. The fraction of sp³-hybridized carbons (Fsp3) is 0.438. The lowest BCUT2D eigenvalue weighted by Gasteiger charge is -2.40. The van der Waals surface area contributed by atoms with Crippen LogP contribution in [0.1, 0.15) is 49.6 Å². The molecule has 1 aromatic heterocycles. The van der Waals surface area contributed by atoms with Gasteiger partial charge in [0.15, 0.2) is 0 Å². The van der Waals surface area contributed by atoms with Gasteiger partial charge in [0.25, 0.3) is 0 Å². The summed E-state index contributed by atoms with van der Waals surface area (Å²) < 4.78 is 0. The number of hydrogen-bond donors (Lipinski definition) is 1. The largest absolute Gasteiger partial charge is 0.300 e. The third-order valence-corrected chi connectivity index (χ3v) is 5.58. The van der Waals surface area contributed by atoms with E-state index in [-0.39, 0.29) is 5.91 Å². The second-order valence-electron chi connectivity index (χ2n) is 6.00. The Morgan fingerprint density at radius 3 is 2.45 bits per heavy atom. The van der Waals surface area contributed by atoms with Crippen LogP contribution in [0.25, 0.3) is 0 Å². The zero-order chi connectivity index (χ0) is 15.7. The topological polar surface area (TPSA) is 54.9 Å². The van der Waals surface area contributed by atoms with Crippen molar-refractivity contribution in [2.45, 2.75) is 44.4 Å². The maximum Gasteiger partial charge on any atom is 0.236 e. The van der Waals surface area contributed by atoms with Crippen LogP contribution in [-0.2, 0) is 10.2 Å². The molecule has 0 spiro atoms. The molecule has 1 heterocycles. The van der Waals surface area contributed by atoms with Crippen LogP contribution in [0.4, 0.5) is 5.13 Å². The number of hydrogen-bond acceptors (Lipinski definition) is 4. The van der Waals surface area contributed by atoms with Crippen LogP contribution in [-0.4, -0.2) is 16.1 Å². The van der Waals surface area contributed by atoms with Crippen molar-refractivity contribution >= 4 is 34.0 Å². The second kappa shape index (κ2) is 5.97. The highest BCUT2D eigenvalue weighted by Gasteiger charge is 2.45. The number of halogens is 1. The Morgan fingerprint density at radius 2 is 1.95 bits per heavy atom. The zero-order valence-corrected chi connectivity index (χ0v) is 14.2. The molecule has 22 heavy (non-hydrogen) atoms. The van der Waals surface area contributed by atoms with Crippen LogP contribution in [0.5, 0.6) is 0 Å². The maximum atomic E-state index is 12.8. The van der Waals surface area contributed by atoms with E-state index < -0.39 is 5.41 Å². The molecule has 0 unspecified atom stereocenters. The van der Waals surface area contributed by atoms with Gasteiger partial charge >= 0.3 is 0 Å². The van der Waals surface area contributed by atoms with Crippen molar-refractivity contribution in [2.24, 2.45) is 0 Å². The second-order valence-corrected chi connectivity index (χ2v) is 7.44. The van der Waals surface area contributed by atoms with Gasteiger partial charge in [-0.15, -0.1) is 10.2 Å². The van der Waals surface area contributed by atoms with Gasteiger partial charge in [0.2, 0.25) is 11.0 Å². The number of carbonyl (C=O) groups excluding carboxylic acids is 1. The third-order valence-electron chi connectivity index (χ3n) is 4.19. The van der Waals surface area contributed by atoms with Gasteiger partial charge in [-0.25, -0.2) is 0 Å². The van der Waals surface area contributed by atoms with E-state index in [2.05, 4.69) is 29.4 Å². The lowest BCUT2D eigenvalue weighted by molar-refractivity contribution is -0.124. The summed E-state index contributed by atoms with van der Waals surface area (Å²) in [6.07, 6.45) is 2.77. The Bertz CT molecular complexity index is 677. The van der Waals surface area contributed by atoms with Crippen molar-refractivity contribution in [3.05, 3.63) is 39.9 Å². The first kappa shape index (κ1) is 15.4. The van der Waals surface area contributed by atoms with E-state index in [9.17, 15) is 4.79 Å². The normalized spacial score (nSPS) is 16.4. The molecule has 0 saturated heterocycles. The molecule has 4 nitrogen and oxygen atoms in total. The molecular weight excluding hydrogens is 318 g/mol. The first-order chi connectivity index (χ1) is 10.5. The van der Waals surface area contributed by atoms with Crippen LogP contribution < -0.4 is 5.32 Å². The van der Waals surface area contributed by atoms with Crippen LogP contribution >= 0.6 is 22.9 Å². The Balaban J connectivity index is 1.80. The Morgan fingerprint density at radius 1 is 1.27 bits per heavy atom. The van der Waals surface area contributed by atoms with Crippen LogP contribution in [0.2, 0.25) is 5.02 Å². The van der Waals surface area contributed by atoms with Gasteiger partial charge in [-0.3, -0.25) is 10.1 Å². The van der Waals surface area contributed by atoms with E-state index in [1.54, 1.807) is 0 Å². The molecule has 0 radical (unpaired) electrons. The third kappa shape index (κ3) is 2.75. The van der Waals surface area contributed by atoms with Gasteiger partial charge in [0.1, 0.15) is 5.01 Å². The lowest BCUT2D eigenvalue weighted by Crippen LogP contribution is -2.45. The summed E-state index contributed by atoms with van der Waals surface area (Å²) in [7, 11) is 0. The number of carbonyl (C=O) groups is 1. The number of anilines is 1. The summed E-state index contributed by atoms with van der Waals surface area (Å²) in [6.45, 7) is 4.13. The number of benzene rings is 1. The highest BCUT2D eigenvalue weighted by molar-refractivity contribution is 7.15. The van der Waals surface area contributed by atoms with Crippen molar-refractivity contribution in [1.82, 2.24) is 10.2 Å². The molecule has 1 saturated carbocycles. The summed E-state index contributed by atoms with van der Waals surface area (Å²) in [6, 6.07) is 7.57. The van der Waals surface area contributed by atoms with Crippen molar-refractivity contribution in [3.63, 3.8) is 0 Å². The van der Waals surface area contributed by atoms with Gasteiger partial charge in [0.05, 0.1) is 5.41 Å². The fourth-order valence-corrected chi connectivity index (χ4v) is 3.55. The monoisotopic (exact) mass is 335 g/mol. The molecule has 1 aliphatic rings. The molecule has 1 aromatic carbocycles. The number of amides is 1. The molecule has 0 aliphatic heterocycles. The van der Waals surface area contributed by atoms with Crippen LogP contribution in [0.3, 0.4) is 0 Å². The first-order valence-corrected chi connectivity index (χ1v) is 8.61. The van der Waals surface area contributed by atoms with Gasteiger partial charge in [-0.2, -0.15) is 0 Å². The minimum absolute atomic E-state index is 0.00697. The smallest absolute Gasteiger partial charge is 0.236 e. The standard InChI is InChI=1S/C16H18ClN3OS/c1-10(2)13-19-20-15(22-13)18-14(21)16(8-3-9-16)11-4-6-12(17)7-5-11/h4-7,10H,3,8-9H2,1-2H3,(H,18,20,21). The fourth-order valence-electron chi connectivity index (χ4n) is 2.68. The van der Waals surface area contributed by atoms with Crippen molar-refractivity contribution in [1.29, 1.82) is 0 Å². The number of aromatic nitrogens is 2. The Kier molecular flexibility index (Phi) is 4.19. The van der Waals surface area contributed by atoms with E-state index in [4.69, 9.17) is 11.6 Å². The first-order valence-electron chi connectivity index (χ1n) is 7.42. The molecule has 1 amide bonds. The lowest BCUT2D eigenvalue weighted by atomic mass is 9.64. The molecule has 2 aromatic rings. The highest BCUT2D eigenvalue weighted by Crippen LogP contribution is 2.45. The summed E-state index contributed by atoms with van der Waals surface area (Å²) in [4.78, 5) is 12.8. The minimum Gasteiger partial charge on any atom is -0.300 e. The van der Waals surface area contributed by atoms with E-state index in [0.717, 1.165) is 29.8 Å². The van der Waals surface area contributed by atoms with Gasteiger partial charge in [0, 0.05) is 10.9 Å². The molecule has 1 N–H and O–H groups in total. The molecule has 6 heteroatoms. The van der Waals surface area contributed by atoms with Gasteiger partial charge in [-0.05, 0) is 30.5 Å². The van der Waals surface area contributed by atoms with E-state index in [1.165, 1.54) is 11.3 Å². The molecule has 116 valence electrons. The Hall–Kier alpha value is -1.46. The van der Waals surface area contributed by atoms with E-state index >= 15 is 0 Å². The summed E-state index contributed by atoms with van der Waals surface area (Å²) in [5.41, 5.74) is 0.572. The zero-order valence-electron chi connectivity index (χ0n) is 12.6. The minimum atomic E-state index is -0.450. The molecule has 0 atom stereocenters. The summed E-state index contributed by atoms with van der Waals surface area (Å²) >= 11 is 7.39. The number of nitrogens with one attached hydrogen (secondary N) is 1. The molecule has 0 bridgehead atoms. The predicted octanol–water partition coefficient (Wildman–Crippen LogP) is 4.38. The van der Waals surface area contributed by atoms with Crippen molar-refractivity contribution in [2.75, 3.05) is 5.32 Å². The summed E-state index contributed by atoms with van der Waals surface area (Å²) in [5, 5.41) is 13.3. The molecular formula is C16H18ClN3OS. The Labute approximate surface area is 138 Å². The van der Waals surface area contributed by atoms with E-state index in [0.29, 0.717) is 16.1 Å². The van der Waals surface area contributed by atoms with Crippen LogP contribution in [0, 0.1) is 0 Å². The van der Waals surface area contributed by atoms with Crippen molar-refractivity contribution in [3.8, 4) is 0 Å². The molecule has 1 fully saturated rings. The van der Waals surface area contributed by atoms with Crippen molar-refractivity contribution < 1.29 is 4.79 Å². The maximum absolute atomic E-state index is 12.8. The number of nitrogens with zero attached hydrogens (tertiary/aromatic N) is 2. The SMILES string of the molecule is CC(C)c1nnc(NC(=O)C2(c3ccc(Cl)cc3)CCC2)s1.